The number of nitrogens with two attached hydrogens (primary N) is 2. The lowest BCUT2D eigenvalue weighted by atomic mass is 10.0. The molecule has 0 saturated heterocycles. The highest BCUT2D eigenvalue weighted by Gasteiger charge is 2.16. The number of carbonyl (C=O) groups is 1. The number of hydrogen-bond acceptors (Lipinski definition) is 4. The van der Waals surface area contributed by atoms with E-state index in [1.807, 2.05) is 73.7 Å². The molecule has 0 saturated carbocycles. The molecule has 134 valence electrons. The number of carbonyl (C=O) groups excluding carboxylic acids is 1. The van der Waals surface area contributed by atoms with Gasteiger partial charge in [0.05, 0.1) is 16.8 Å². The molecule has 0 atom stereocenters. The maximum atomic E-state index is 12.1. The Bertz CT molecular complexity index is 1130. The second-order valence-electron chi connectivity index (χ2n) is 6.31. The number of benzene rings is 3. The largest absolute Gasteiger partial charge is 0.380 e. The third-order valence-electron chi connectivity index (χ3n) is 4.44. The van der Waals surface area contributed by atoms with Crippen molar-refractivity contribution in [3.63, 3.8) is 0 Å². The molecule has 1 aromatic heterocycles. The van der Waals surface area contributed by atoms with Crippen LogP contribution in [-0.4, -0.2) is 11.2 Å². The zero-order valence-corrected chi connectivity index (χ0v) is 14.7. The summed E-state index contributed by atoms with van der Waals surface area (Å²) in [5, 5.41) is 4.61. The van der Waals surface area contributed by atoms with Crippen LogP contribution < -0.4 is 16.4 Å². The summed E-state index contributed by atoms with van der Waals surface area (Å²) in [5.74, 6) is 0.350. The molecule has 27 heavy (non-hydrogen) atoms. The highest BCUT2D eigenvalue weighted by molar-refractivity contribution is 6.01. The van der Waals surface area contributed by atoms with Gasteiger partial charge >= 0.3 is 6.03 Å². The molecule has 3 aromatic carbocycles. The third kappa shape index (κ3) is 2.97. The minimum Gasteiger partial charge on any atom is -0.380 e. The molecule has 0 unspecified atom stereocenters. The topological polar surface area (TPSA) is 98.4 Å². The second kappa shape index (κ2) is 6.49. The fourth-order valence-corrected chi connectivity index (χ4v) is 3.22. The number of nitrogens with zero attached hydrogens (tertiary/aromatic N) is 2. The van der Waals surface area contributed by atoms with E-state index in [0.717, 1.165) is 27.8 Å². The van der Waals surface area contributed by atoms with E-state index in [1.54, 1.807) is 0 Å². The summed E-state index contributed by atoms with van der Waals surface area (Å²) in [6, 6.07) is 20.3. The van der Waals surface area contributed by atoms with Crippen LogP contribution >= 0.6 is 0 Å². The number of rotatable bonds is 3. The summed E-state index contributed by atoms with van der Waals surface area (Å²) < 4.78 is 5.23. The van der Waals surface area contributed by atoms with Crippen LogP contribution in [0.15, 0.2) is 71.3 Å². The predicted octanol–water partition coefficient (Wildman–Crippen LogP) is 4.60. The number of anilines is 3. The first kappa shape index (κ1) is 16.7. The van der Waals surface area contributed by atoms with Gasteiger partial charge in [-0.1, -0.05) is 41.6 Å². The number of primary amides is 1. The highest BCUT2D eigenvalue weighted by Crippen LogP contribution is 2.34. The molecule has 0 fully saturated rings. The molecule has 1 heterocycles. The van der Waals surface area contributed by atoms with Crippen LogP contribution in [0, 0.1) is 6.92 Å². The van der Waals surface area contributed by atoms with Crippen LogP contribution in [0.5, 0.6) is 0 Å². The molecule has 0 bridgehead atoms. The number of amides is 2. The van der Waals surface area contributed by atoms with E-state index in [9.17, 15) is 4.79 Å². The Kier molecular flexibility index (Phi) is 4.01. The van der Waals surface area contributed by atoms with Gasteiger partial charge in [-0.3, -0.25) is 4.90 Å². The SMILES string of the molecule is Cc1cccc(N(C(N)=O)c2ccc(-c3cccc4onc(N)c34)cc2)c1. The molecule has 6 heteroatoms. The molecule has 4 rings (SSSR count). The van der Waals surface area contributed by atoms with Crippen LogP contribution in [0.1, 0.15) is 5.56 Å². The van der Waals surface area contributed by atoms with Crippen LogP contribution in [0.4, 0.5) is 22.0 Å². The van der Waals surface area contributed by atoms with E-state index in [1.165, 1.54) is 4.90 Å². The van der Waals surface area contributed by atoms with Crippen LogP contribution in [0.2, 0.25) is 0 Å². The van der Waals surface area contributed by atoms with Gasteiger partial charge in [0.2, 0.25) is 0 Å². The number of hydrogen-bond donors (Lipinski definition) is 2. The summed E-state index contributed by atoms with van der Waals surface area (Å²) >= 11 is 0. The van der Waals surface area contributed by atoms with Crippen molar-refractivity contribution in [2.45, 2.75) is 6.92 Å². The number of aromatic nitrogens is 1. The summed E-state index contributed by atoms with van der Waals surface area (Å²) in [5.41, 5.74) is 16.5. The number of aryl methyl sites for hydroxylation is 1. The molecule has 6 nitrogen and oxygen atoms in total. The predicted molar refractivity (Wildman–Crippen MR) is 107 cm³/mol. The van der Waals surface area contributed by atoms with E-state index >= 15 is 0 Å². The molecular formula is C21H18N4O2. The minimum absolute atomic E-state index is 0.350. The van der Waals surface area contributed by atoms with Crippen LogP contribution in [0.3, 0.4) is 0 Å². The van der Waals surface area contributed by atoms with Crippen molar-refractivity contribution in [2.75, 3.05) is 10.6 Å². The first-order chi connectivity index (χ1) is 13.0. The first-order valence-corrected chi connectivity index (χ1v) is 8.45. The second-order valence-corrected chi connectivity index (χ2v) is 6.31. The Balaban J connectivity index is 1.76. The van der Waals surface area contributed by atoms with Crippen LogP contribution in [-0.2, 0) is 0 Å². The number of urea groups is 1. The van der Waals surface area contributed by atoms with Gasteiger partial charge in [-0.25, -0.2) is 4.79 Å². The third-order valence-corrected chi connectivity index (χ3v) is 4.44. The Morgan fingerprint density at radius 2 is 1.74 bits per heavy atom. The van der Waals surface area contributed by atoms with Gasteiger partial charge in [-0.05, 0) is 53.9 Å². The molecular weight excluding hydrogens is 340 g/mol. The van der Waals surface area contributed by atoms with Crippen molar-refractivity contribution in [2.24, 2.45) is 5.73 Å². The Labute approximate surface area is 156 Å². The molecule has 0 spiro atoms. The zero-order valence-electron chi connectivity index (χ0n) is 14.7. The van der Waals surface area contributed by atoms with Gasteiger partial charge in [-0.2, -0.15) is 0 Å². The Hall–Kier alpha value is -3.80. The first-order valence-electron chi connectivity index (χ1n) is 8.45. The monoisotopic (exact) mass is 358 g/mol. The molecule has 2 amide bonds. The minimum atomic E-state index is -0.543. The van der Waals surface area contributed by atoms with E-state index < -0.39 is 6.03 Å². The lowest BCUT2D eigenvalue weighted by Crippen LogP contribution is -2.31. The number of nitrogen functional groups attached to an aromatic ring is 1. The van der Waals surface area contributed by atoms with Gasteiger partial charge in [0.15, 0.2) is 11.4 Å². The molecule has 0 radical (unpaired) electrons. The van der Waals surface area contributed by atoms with Gasteiger partial charge < -0.3 is 16.0 Å². The summed E-state index contributed by atoms with van der Waals surface area (Å²) in [4.78, 5) is 13.5. The fraction of sp³-hybridized carbons (Fsp3) is 0.0476. The summed E-state index contributed by atoms with van der Waals surface area (Å²) in [6.45, 7) is 1.97. The van der Waals surface area contributed by atoms with Crippen molar-refractivity contribution >= 4 is 34.2 Å². The zero-order chi connectivity index (χ0) is 19.0. The molecule has 0 aliphatic rings. The normalized spacial score (nSPS) is 10.9. The maximum absolute atomic E-state index is 12.1. The van der Waals surface area contributed by atoms with Gasteiger partial charge in [0.25, 0.3) is 0 Å². The summed E-state index contributed by atoms with van der Waals surface area (Å²) in [6.07, 6.45) is 0. The lowest BCUT2D eigenvalue weighted by molar-refractivity contribution is 0.256. The molecule has 4 aromatic rings. The Morgan fingerprint density at radius 1 is 1.00 bits per heavy atom. The highest BCUT2D eigenvalue weighted by atomic mass is 16.5. The van der Waals surface area contributed by atoms with E-state index in [0.29, 0.717) is 17.1 Å². The lowest BCUT2D eigenvalue weighted by Gasteiger charge is -2.21. The van der Waals surface area contributed by atoms with Gasteiger partial charge in [0.1, 0.15) is 0 Å². The van der Waals surface area contributed by atoms with E-state index in [2.05, 4.69) is 5.16 Å². The van der Waals surface area contributed by atoms with Gasteiger partial charge in [-0.15, -0.1) is 0 Å². The van der Waals surface area contributed by atoms with Crippen molar-refractivity contribution < 1.29 is 9.32 Å². The Morgan fingerprint density at radius 3 is 2.44 bits per heavy atom. The van der Waals surface area contributed by atoms with Crippen molar-refractivity contribution in [3.8, 4) is 11.1 Å². The average molecular weight is 358 g/mol. The average Bonchev–Trinajstić information content (AvgIpc) is 3.04. The number of fused-ring (bicyclic) bond motifs is 1. The van der Waals surface area contributed by atoms with Crippen LogP contribution in [0.25, 0.3) is 22.1 Å². The molecule has 0 aliphatic heterocycles. The van der Waals surface area contributed by atoms with Crippen molar-refractivity contribution in [1.82, 2.24) is 5.16 Å². The van der Waals surface area contributed by atoms with Crippen molar-refractivity contribution in [3.05, 3.63) is 72.3 Å². The molecule has 0 aliphatic carbocycles. The summed E-state index contributed by atoms with van der Waals surface area (Å²) in [7, 11) is 0. The maximum Gasteiger partial charge on any atom is 0.323 e. The standard InChI is InChI=1S/C21H18N4O2/c1-13-4-2-5-16(12-13)25(21(23)26)15-10-8-14(9-11-15)17-6-3-7-18-19(17)20(22)24-27-18/h2-12H,1H3,(H2,22,24)(H2,23,26). The smallest absolute Gasteiger partial charge is 0.323 e. The fourth-order valence-electron chi connectivity index (χ4n) is 3.22. The van der Waals surface area contributed by atoms with Crippen molar-refractivity contribution in [1.29, 1.82) is 0 Å². The van der Waals surface area contributed by atoms with E-state index in [-0.39, 0.29) is 0 Å². The van der Waals surface area contributed by atoms with E-state index in [4.69, 9.17) is 16.0 Å². The molecule has 4 N–H and O–H groups in total. The quantitative estimate of drug-likeness (QED) is 0.559. The van der Waals surface area contributed by atoms with Gasteiger partial charge in [0, 0.05) is 0 Å².